The van der Waals surface area contributed by atoms with Crippen molar-refractivity contribution in [3.8, 4) is 0 Å². The maximum absolute atomic E-state index is 2.37. The minimum absolute atomic E-state index is 0. The molecule has 0 amide bonds. The first-order valence-corrected chi connectivity index (χ1v) is 6.92. The Balaban J connectivity index is 0. The largest absolute Gasteiger partial charge is 0.146 e. The van der Waals surface area contributed by atoms with Gasteiger partial charge in [0.1, 0.15) is 0 Å². The van der Waals surface area contributed by atoms with Gasteiger partial charge < -0.3 is 0 Å². The van der Waals surface area contributed by atoms with Crippen LogP contribution in [0.1, 0.15) is 64.1 Å². The van der Waals surface area contributed by atoms with E-state index in [-0.39, 0.29) is 14.9 Å². The molecule has 0 N–H and O–H groups in total. The van der Waals surface area contributed by atoms with E-state index in [1.807, 2.05) is 11.3 Å². The first-order valence-electron chi connectivity index (χ1n) is 6.11. The van der Waals surface area contributed by atoms with Gasteiger partial charge in [-0.2, -0.15) is 0 Å². The van der Waals surface area contributed by atoms with Gasteiger partial charge in [0.2, 0.25) is 0 Å². The summed E-state index contributed by atoms with van der Waals surface area (Å²) in [7, 11) is 0. The minimum atomic E-state index is 0. The molecule has 102 valence electrons. The van der Waals surface area contributed by atoms with Gasteiger partial charge in [-0.3, -0.25) is 0 Å². The van der Waals surface area contributed by atoms with E-state index < -0.39 is 0 Å². The van der Waals surface area contributed by atoms with E-state index in [0.717, 1.165) is 11.8 Å². The first-order chi connectivity index (χ1) is 7.08. The van der Waals surface area contributed by atoms with Crippen molar-refractivity contribution in [1.29, 1.82) is 0 Å². The lowest BCUT2D eigenvalue weighted by Crippen LogP contribution is -2.08. The van der Waals surface area contributed by atoms with Crippen LogP contribution in [-0.4, -0.2) is 0 Å². The molecular formula is C16H32S. The van der Waals surface area contributed by atoms with Crippen molar-refractivity contribution in [3.05, 3.63) is 21.9 Å². The maximum atomic E-state index is 2.37. The zero-order chi connectivity index (χ0) is 11.3. The van der Waals surface area contributed by atoms with Gasteiger partial charge in [0, 0.05) is 9.75 Å². The van der Waals surface area contributed by atoms with Crippen LogP contribution in [0.3, 0.4) is 0 Å². The monoisotopic (exact) mass is 256 g/mol. The van der Waals surface area contributed by atoms with E-state index in [1.165, 1.54) is 35.4 Å². The molecule has 0 spiro atoms. The fraction of sp³-hybridized carbons (Fsp3) is 0.750. The molecule has 0 bridgehead atoms. The van der Waals surface area contributed by atoms with Crippen molar-refractivity contribution in [2.24, 2.45) is 11.8 Å². The average molecular weight is 256 g/mol. The standard InChI is InChI=1S/C8H16.C6H8S.2CH4/c1-7-3-5-8(2)6-4-7;1-5-3-4-6(2)7-5;;/h7-8H,3-6H2,1-2H3;3-4H,1-2H3;2*1H4. The maximum Gasteiger partial charge on any atom is 0.00170 e. The number of hydrogen-bond donors (Lipinski definition) is 0. The van der Waals surface area contributed by atoms with Crippen LogP contribution in [0.2, 0.25) is 0 Å². The fourth-order valence-corrected chi connectivity index (χ4v) is 2.76. The van der Waals surface area contributed by atoms with Gasteiger partial charge in [-0.15, -0.1) is 11.3 Å². The summed E-state index contributed by atoms with van der Waals surface area (Å²) in [6, 6.07) is 4.28. The number of aryl methyl sites for hydroxylation is 2. The molecule has 17 heavy (non-hydrogen) atoms. The van der Waals surface area contributed by atoms with Crippen LogP contribution in [0.25, 0.3) is 0 Å². The summed E-state index contributed by atoms with van der Waals surface area (Å²) in [4.78, 5) is 2.80. The molecule has 1 aromatic rings. The van der Waals surface area contributed by atoms with Crippen LogP contribution in [0.15, 0.2) is 12.1 Å². The number of thiophene rings is 1. The zero-order valence-corrected chi connectivity index (χ0v) is 11.4. The molecule has 1 fully saturated rings. The third-order valence-electron chi connectivity index (χ3n) is 3.18. The molecule has 0 atom stereocenters. The van der Waals surface area contributed by atoms with E-state index in [0.29, 0.717) is 0 Å². The summed E-state index contributed by atoms with van der Waals surface area (Å²) in [6.45, 7) is 8.98. The lowest BCUT2D eigenvalue weighted by Gasteiger charge is -2.22. The summed E-state index contributed by atoms with van der Waals surface area (Å²) < 4.78 is 0. The van der Waals surface area contributed by atoms with Crippen LogP contribution >= 0.6 is 11.3 Å². The summed E-state index contributed by atoms with van der Waals surface area (Å²) in [5.41, 5.74) is 0. The second kappa shape index (κ2) is 9.70. The molecular weight excluding hydrogens is 224 g/mol. The Labute approximate surface area is 113 Å². The van der Waals surface area contributed by atoms with Gasteiger partial charge in [0.15, 0.2) is 0 Å². The molecule has 1 aliphatic carbocycles. The third-order valence-corrected chi connectivity index (χ3v) is 4.10. The van der Waals surface area contributed by atoms with E-state index in [9.17, 15) is 0 Å². The molecule has 0 unspecified atom stereocenters. The Kier molecular flexibility index (Phi) is 10.9. The Morgan fingerprint density at radius 2 is 1.12 bits per heavy atom. The van der Waals surface area contributed by atoms with Gasteiger partial charge in [0.25, 0.3) is 0 Å². The summed E-state index contributed by atoms with van der Waals surface area (Å²) >= 11 is 1.84. The highest BCUT2D eigenvalue weighted by Crippen LogP contribution is 2.27. The summed E-state index contributed by atoms with van der Waals surface area (Å²) in [5.74, 6) is 2.04. The zero-order valence-electron chi connectivity index (χ0n) is 10.5. The molecule has 1 aliphatic rings. The van der Waals surface area contributed by atoms with Gasteiger partial charge in [-0.1, -0.05) is 54.4 Å². The highest BCUT2D eigenvalue weighted by atomic mass is 32.1. The molecule has 0 aromatic carbocycles. The Morgan fingerprint density at radius 3 is 1.29 bits per heavy atom. The molecule has 0 saturated heterocycles. The SMILES string of the molecule is C.C.CC1CCC(C)CC1.Cc1ccc(C)s1. The van der Waals surface area contributed by atoms with Crippen LogP contribution < -0.4 is 0 Å². The Bertz CT molecular complexity index is 240. The Hall–Kier alpha value is -0.300. The molecule has 1 heteroatoms. The lowest BCUT2D eigenvalue weighted by molar-refractivity contribution is 0.308. The van der Waals surface area contributed by atoms with Crippen LogP contribution in [0.5, 0.6) is 0 Å². The average Bonchev–Trinajstić information content (AvgIpc) is 2.56. The first kappa shape index (κ1) is 19.0. The van der Waals surface area contributed by atoms with Crippen molar-refractivity contribution >= 4 is 11.3 Å². The van der Waals surface area contributed by atoms with Crippen molar-refractivity contribution in [3.63, 3.8) is 0 Å². The van der Waals surface area contributed by atoms with Crippen molar-refractivity contribution < 1.29 is 0 Å². The smallest absolute Gasteiger partial charge is 0.00170 e. The van der Waals surface area contributed by atoms with Gasteiger partial charge in [0.05, 0.1) is 0 Å². The number of hydrogen-bond acceptors (Lipinski definition) is 1. The summed E-state index contributed by atoms with van der Waals surface area (Å²) in [6.07, 6.45) is 5.89. The van der Waals surface area contributed by atoms with Crippen LogP contribution in [0, 0.1) is 25.7 Å². The lowest BCUT2D eigenvalue weighted by atomic mass is 9.84. The van der Waals surface area contributed by atoms with E-state index in [2.05, 4.69) is 39.8 Å². The third kappa shape index (κ3) is 8.43. The highest BCUT2D eigenvalue weighted by molar-refractivity contribution is 7.11. The van der Waals surface area contributed by atoms with Gasteiger partial charge >= 0.3 is 0 Å². The Morgan fingerprint density at radius 1 is 0.824 bits per heavy atom. The predicted molar refractivity (Wildman–Crippen MR) is 84.1 cm³/mol. The second-order valence-corrected chi connectivity index (χ2v) is 6.51. The van der Waals surface area contributed by atoms with Gasteiger partial charge in [-0.05, 0) is 37.8 Å². The van der Waals surface area contributed by atoms with Crippen LogP contribution in [0.4, 0.5) is 0 Å². The van der Waals surface area contributed by atoms with Crippen molar-refractivity contribution in [2.75, 3.05) is 0 Å². The van der Waals surface area contributed by atoms with Crippen molar-refractivity contribution in [1.82, 2.24) is 0 Å². The molecule has 0 radical (unpaired) electrons. The molecule has 1 saturated carbocycles. The predicted octanol–water partition coefficient (Wildman–Crippen LogP) is 6.47. The fourth-order valence-electron chi connectivity index (χ4n) is 1.98. The quantitative estimate of drug-likeness (QED) is 0.499. The molecule has 1 heterocycles. The topological polar surface area (TPSA) is 0 Å². The minimum Gasteiger partial charge on any atom is -0.146 e. The molecule has 0 nitrogen and oxygen atoms in total. The van der Waals surface area contributed by atoms with E-state index in [4.69, 9.17) is 0 Å². The number of rotatable bonds is 0. The van der Waals surface area contributed by atoms with Gasteiger partial charge in [-0.25, -0.2) is 0 Å². The normalized spacial score (nSPS) is 22.6. The summed E-state index contributed by atoms with van der Waals surface area (Å²) in [5, 5.41) is 0. The van der Waals surface area contributed by atoms with E-state index in [1.54, 1.807) is 0 Å². The molecule has 2 rings (SSSR count). The van der Waals surface area contributed by atoms with E-state index >= 15 is 0 Å². The van der Waals surface area contributed by atoms with Crippen LogP contribution in [-0.2, 0) is 0 Å². The molecule has 0 aliphatic heterocycles. The highest BCUT2D eigenvalue weighted by Gasteiger charge is 2.13. The molecule has 1 aromatic heterocycles. The second-order valence-electron chi connectivity index (χ2n) is 5.02. The van der Waals surface area contributed by atoms with Crippen molar-refractivity contribution in [2.45, 2.75) is 68.2 Å².